The zero-order valence-electron chi connectivity index (χ0n) is 17.8. The second kappa shape index (κ2) is 9.91. The van der Waals surface area contributed by atoms with E-state index in [2.05, 4.69) is 15.2 Å². The summed E-state index contributed by atoms with van der Waals surface area (Å²) in [6, 6.07) is 12.8. The van der Waals surface area contributed by atoms with Crippen molar-refractivity contribution in [2.75, 3.05) is 13.1 Å². The number of carbonyl (C=O) groups excluding carboxylic acids is 2. The summed E-state index contributed by atoms with van der Waals surface area (Å²) in [5.74, 6) is 0.123. The lowest BCUT2D eigenvalue weighted by Gasteiger charge is -2.23. The van der Waals surface area contributed by atoms with E-state index in [0.717, 1.165) is 12.1 Å². The Balaban J connectivity index is 1.43. The van der Waals surface area contributed by atoms with E-state index in [4.69, 9.17) is 16.0 Å². The fraction of sp³-hybridized carbons (Fsp3) is 0.348. The van der Waals surface area contributed by atoms with Gasteiger partial charge in [0.15, 0.2) is 0 Å². The van der Waals surface area contributed by atoms with Gasteiger partial charge in [-0.05, 0) is 30.7 Å². The lowest BCUT2D eigenvalue weighted by atomic mass is 10.1. The molecule has 0 N–H and O–H groups in total. The molecule has 0 saturated carbocycles. The topological polar surface area (TPSA) is 92.4 Å². The van der Waals surface area contributed by atoms with Crippen molar-refractivity contribution < 1.29 is 14.0 Å². The van der Waals surface area contributed by atoms with Crippen molar-refractivity contribution >= 4 is 23.4 Å². The van der Waals surface area contributed by atoms with Crippen LogP contribution in [0.2, 0.25) is 5.02 Å². The van der Waals surface area contributed by atoms with Crippen LogP contribution in [0, 0.1) is 5.92 Å². The van der Waals surface area contributed by atoms with Gasteiger partial charge in [0.1, 0.15) is 0 Å². The molecular weight excluding hydrogens is 430 g/mol. The van der Waals surface area contributed by atoms with E-state index in [1.807, 2.05) is 37.3 Å². The molecule has 4 rings (SSSR count). The molecule has 32 heavy (non-hydrogen) atoms. The summed E-state index contributed by atoms with van der Waals surface area (Å²) < 4.78 is 5.78. The monoisotopic (exact) mass is 453 g/mol. The molecule has 3 aromatic rings. The second-order valence-electron chi connectivity index (χ2n) is 7.74. The first-order valence-electron chi connectivity index (χ1n) is 10.6. The van der Waals surface area contributed by atoms with Gasteiger partial charge >= 0.3 is 0 Å². The lowest BCUT2D eigenvalue weighted by molar-refractivity contribution is -0.136. The minimum Gasteiger partial charge on any atom is -0.419 e. The highest BCUT2D eigenvalue weighted by Gasteiger charge is 2.36. The van der Waals surface area contributed by atoms with Gasteiger partial charge in [-0.1, -0.05) is 36.7 Å². The fourth-order valence-electron chi connectivity index (χ4n) is 3.80. The molecule has 1 aliphatic rings. The maximum atomic E-state index is 13.2. The maximum Gasteiger partial charge on any atom is 0.249 e. The second-order valence-corrected chi connectivity index (χ2v) is 8.14. The van der Waals surface area contributed by atoms with Gasteiger partial charge < -0.3 is 14.2 Å². The SMILES string of the molecule is CCCN(Cc1nnc(-c2ccccc2Cl)o1)C(=O)C1CC(=O)N(Cc2ccccn2)C1. The number of carbonyl (C=O) groups is 2. The molecule has 166 valence electrons. The van der Waals surface area contributed by atoms with Gasteiger partial charge in [-0.2, -0.15) is 0 Å². The quantitative estimate of drug-likeness (QED) is 0.517. The van der Waals surface area contributed by atoms with Crippen LogP contribution < -0.4 is 0 Å². The van der Waals surface area contributed by atoms with Gasteiger partial charge in [-0.25, -0.2) is 0 Å². The molecule has 2 amide bonds. The molecular formula is C23H24ClN5O3. The van der Waals surface area contributed by atoms with E-state index in [-0.39, 0.29) is 24.8 Å². The number of rotatable bonds is 8. The van der Waals surface area contributed by atoms with Crippen LogP contribution in [0.15, 0.2) is 53.1 Å². The van der Waals surface area contributed by atoms with E-state index in [0.29, 0.717) is 42.0 Å². The van der Waals surface area contributed by atoms with Crippen molar-refractivity contribution in [3.63, 3.8) is 0 Å². The minimum atomic E-state index is -0.399. The molecule has 1 aromatic carbocycles. The highest BCUT2D eigenvalue weighted by molar-refractivity contribution is 6.33. The van der Waals surface area contributed by atoms with Gasteiger partial charge in [0.2, 0.25) is 23.6 Å². The van der Waals surface area contributed by atoms with Crippen LogP contribution in [0.5, 0.6) is 0 Å². The van der Waals surface area contributed by atoms with E-state index in [9.17, 15) is 9.59 Å². The maximum absolute atomic E-state index is 13.2. The van der Waals surface area contributed by atoms with Gasteiger partial charge in [-0.15, -0.1) is 10.2 Å². The molecule has 1 aliphatic heterocycles. The van der Waals surface area contributed by atoms with Crippen LogP contribution in [-0.2, 0) is 22.7 Å². The average Bonchev–Trinajstić information content (AvgIpc) is 3.41. The predicted octanol–water partition coefficient (Wildman–Crippen LogP) is 3.57. The van der Waals surface area contributed by atoms with Crippen molar-refractivity contribution in [1.82, 2.24) is 25.0 Å². The summed E-state index contributed by atoms with van der Waals surface area (Å²) in [5.41, 5.74) is 1.45. The number of hydrogen-bond acceptors (Lipinski definition) is 6. The third-order valence-electron chi connectivity index (χ3n) is 5.35. The number of hydrogen-bond donors (Lipinski definition) is 0. The van der Waals surface area contributed by atoms with Crippen molar-refractivity contribution in [1.29, 1.82) is 0 Å². The molecule has 9 heteroatoms. The Labute approximate surface area is 191 Å². The highest BCUT2D eigenvalue weighted by atomic mass is 35.5. The molecule has 0 radical (unpaired) electrons. The molecule has 3 heterocycles. The Morgan fingerprint density at radius 1 is 1.22 bits per heavy atom. The number of nitrogens with zero attached hydrogens (tertiary/aromatic N) is 5. The zero-order valence-corrected chi connectivity index (χ0v) is 18.5. The fourth-order valence-corrected chi connectivity index (χ4v) is 4.01. The molecule has 1 atom stereocenters. The predicted molar refractivity (Wildman–Crippen MR) is 118 cm³/mol. The first-order valence-corrected chi connectivity index (χ1v) is 11.0. The Bertz CT molecular complexity index is 1090. The van der Waals surface area contributed by atoms with Gasteiger partial charge in [0.05, 0.1) is 35.3 Å². The van der Waals surface area contributed by atoms with E-state index in [1.54, 1.807) is 28.1 Å². The summed E-state index contributed by atoms with van der Waals surface area (Å²) >= 11 is 6.21. The third-order valence-corrected chi connectivity index (χ3v) is 5.67. The summed E-state index contributed by atoms with van der Waals surface area (Å²) in [4.78, 5) is 33.4. The standard InChI is InChI=1S/C23H24ClN5O3/c1-2-11-28(15-20-26-27-22(32-20)18-8-3-4-9-19(18)24)23(31)16-12-21(30)29(13-16)14-17-7-5-6-10-25-17/h3-10,16H,2,11-15H2,1H3. The molecule has 1 fully saturated rings. The van der Waals surface area contributed by atoms with Crippen LogP contribution in [-0.4, -0.2) is 49.9 Å². The van der Waals surface area contributed by atoms with Crippen LogP contribution in [0.1, 0.15) is 31.4 Å². The number of likely N-dealkylation sites (tertiary alicyclic amines) is 1. The normalized spacial score (nSPS) is 15.9. The summed E-state index contributed by atoms with van der Waals surface area (Å²) in [6.45, 7) is 3.50. The Hall–Kier alpha value is -3.26. The van der Waals surface area contributed by atoms with Gasteiger partial charge in [0.25, 0.3) is 0 Å². The number of aromatic nitrogens is 3. The largest absolute Gasteiger partial charge is 0.419 e. The number of pyridine rings is 1. The molecule has 0 spiro atoms. The van der Waals surface area contributed by atoms with Crippen LogP contribution in [0.25, 0.3) is 11.5 Å². The number of benzene rings is 1. The van der Waals surface area contributed by atoms with E-state index < -0.39 is 5.92 Å². The third kappa shape index (κ3) is 4.96. The van der Waals surface area contributed by atoms with Crippen molar-refractivity contribution in [3.8, 4) is 11.5 Å². The smallest absolute Gasteiger partial charge is 0.249 e. The van der Waals surface area contributed by atoms with Crippen molar-refractivity contribution in [3.05, 3.63) is 65.3 Å². The molecule has 2 aromatic heterocycles. The number of halogens is 1. The molecule has 1 unspecified atom stereocenters. The van der Waals surface area contributed by atoms with Crippen LogP contribution in [0.3, 0.4) is 0 Å². The highest BCUT2D eigenvalue weighted by Crippen LogP contribution is 2.27. The van der Waals surface area contributed by atoms with E-state index >= 15 is 0 Å². The molecule has 1 saturated heterocycles. The van der Waals surface area contributed by atoms with Crippen molar-refractivity contribution in [2.45, 2.75) is 32.9 Å². The lowest BCUT2D eigenvalue weighted by Crippen LogP contribution is -2.37. The van der Waals surface area contributed by atoms with Crippen LogP contribution >= 0.6 is 11.6 Å². The van der Waals surface area contributed by atoms with E-state index in [1.165, 1.54) is 0 Å². The van der Waals surface area contributed by atoms with Gasteiger partial charge in [0, 0.05) is 25.7 Å². The van der Waals surface area contributed by atoms with Crippen LogP contribution in [0.4, 0.5) is 0 Å². The summed E-state index contributed by atoms with van der Waals surface area (Å²) in [7, 11) is 0. The summed E-state index contributed by atoms with van der Waals surface area (Å²) in [5, 5.41) is 8.69. The van der Waals surface area contributed by atoms with Crippen molar-refractivity contribution in [2.24, 2.45) is 5.92 Å². The molecule has 0 aliphatic carbocycles. The first kappa shape index (κ1) is 22.0. The number of amides is 2. The Morgan fingerprint density at radius 3 is 2.78 bits per heavy atom. The first-order chi connectivity index (χ1) is 15.5. The Kier molecular flexibility index (Phi) is 6.80. The average molecular weight is 454 g/mol. The van der Waals surface area contributed by atoms with Gasteiger partial charge in [-0.3, -0.25) is 14.6 Å². The minimum absolute atomic E-state index is 0.0377. The summed E-state index contributed by atoms with van der Waals surface area (Å²) in [6.07, 6.45) is 2.67. The molecule has 8 nitrogen and oxygen atoms in total. The zero-order chi connectivity index (χ0) is 22.5. The Morgan fingerprint density at radius 2 is 2.03 bits per heavy atom. The molecule has 0 bridgehead atoms.